The molecule has 0 saturated heterocycles. The average Bonchev–Trinajstić information content (AvgIpc) is 2.96. The zero-order chi connectivity index (χ0) is 72.3. The molecule has 0 heterocycles. The van der Waals surface area contributed by atoms with Gasteiger partial charge in [-0.05, 0) is 128 Å². The number of hydrogen-bond donors (Lipinski definition) is 4. The van der Waals surface area contributed by atoms with Crippen molar-refractivity contribution in [3.63, 3.8) is 0 Å². The Morgan fingerprint density at radius 2 is 0.535 bits per heavy atom. The number of unbranched alkanes of at least 4 members (excludes halogenated alkanes) is 30. The summed E-state index contributed by atoms with van der Waals surface area (Å²) in [7, 11) is -9.79. The van der Waals surface area contributed by atoms with Crippen LogP contribution < -0.4 is 0 Å². The second-order valence-electron chi connectivity index (χ2n) is 25.7. The van der Waals surface area contributed by atoms with Crippen molar-refractivity contribution in [1.29, 1.82) is 0 Å². The van der Waals surface area contributed by atoms with Gasteiger partial charge in [0.05, 0.1) is 26.4 Å². The molecule has 0 aliphatic carbocycles. The number of ether oxygens (including phenoxy) is 3. The highest BCUT2D eigenvalue weighted by molar-refractivity contribution is 7.47. The number of hydrogen-bond acceptors (Lipinski definition) is 14. The van der Waals surface area contributed by atoms with Gasteiger partial charge in [0.1, 0.15) is 25.4 Å². The molecule has 4 N–H and O–H groups in total. The van der Waals surface area contributed by atoms with Crippen LogP contribution >= 0.6 is 15.6 Å². The van der Waals surface area contributed by atoms with Gasteiger partial charge in [-0.3, -0.25) is 32.5 Å². The Labute approximate surface area is 602 Å². The van der Waals surface area contributed by atoms with E-state index in [2.05, 4.69) is 142 Å². The third-order valence-electron chi connectivity index (χ3n) is 16.2. The summed E-state index contributed by atoms with van der Waals surface area (Å²) in [6.45, 7) is 2.44. The number of rotatable bonds is 73. The topological polar surface area (TPSA) is 231 Å². The van der Waals surface area contributed by atoms with Crippen LogP contribution in [-0.4, -0.2) is 95.9 Å². The van der Waals surface area contributed by atoms with Gasteiger partial charge in [-0.2, -0.15) is 0 Å². The van der Waals surface area contributed by atoms with Crippen molar-refractivity contribution >= 4 is 33.6 Å². The van der Waals surface area contributed by atoms with Crippen molar-refractivity contribution in [1.82, 2.24) is 0 Å². The minimum absolute atomic E-state index is 0.0921. The largest absolute Gasteiger partial charge is 0.472 e. The molecule has 0 aliphatic heterocycles. The second-order valence-corrected chi connectivity index (χ2v) is 28.7. The lowest BCUT2D eigenvalue weighted by Gasteiger charge is -2.21. The molecule has 5 atom stereocenters. The highest BCUT2D eigenvalue weighted by Crippen LogP contribution is 2.45. The number of aliphatic hydroxyl groups is 2. The number of carbonyl (C=O) groups is 3. The molecule has 0 aromatic rings. The molecule has 570 valence electrons. The maximum absolute atomic E-state index is 12.9. The molecule has 0 saturated carbocycles. The first-order valence-corrected chi connectivity index (χ1v) is 41.8. The van der Waals surface area contributed by atoms with Crippen molar-refractivity contribution in [2.45, 2.75) is 334 Å². The van der Waals surface area contributed by atoms with Crippen LogP contribution in [0.3, 0.4) is 0 Å². The standard InChI is InChI=1S/C81H140O16P2/c1-4-7-10-13-16-19-22-25-28-30-31-32-33-34-35-36-37-38-39-40-41-42-43-45-48-49-52-55-58-61-64-67-79(84)91-70-76(82)71-93-98(87,88)94-72-77(83)73-95-99(89,90)96-75-78(97-81(86)69-66-63-60-57-54-51-46-27-24-21-18-15-12-9-6-3)74-92-80(85)68-65-62-59-56-53-50-47-44-29-26-23-20-17-14-11-8-5-2/h7-8,10-11,16-17,19-20,25-29,31-32,34-35,37-38,46,76-78,82-83H,4-6,9,12-15,18,21-24,30,33,36,39-45,47-75H2,1-3H3,(H,87,88)(H,89,90)/b10-7-,11-8-,19-16-,20-17-,28-25-,29-26-,32-31-,35-34-,38-37-,46-27-. The average molecular weight is 1430 g/mol. The molecule has 0 aliphatic rings. The summed E-state index contributed by atoms with van der Waals surface area (Å²) in [4.78, 5) is 58.6. The normalized spacial score (nSPS) is 14.7. The molecule has 0 rings (SSSR count). The van der Waals surface area contributed by atoms with Gasteiger partial charge in [0.25, 0.3) is 0 Å². The Bertz CT molecular complexity index is 2290. The molecule has 99 heavy (non-hydrogen) atoms. The fourth-order valence-corrected chi connectivity index (χ4v) is 11.9. The molecule has 0 aromatic carbocycles. The Hall–Kier alpha value is -4.05. The van der Waals surface area contributed by atoms with E-state index in [4.69, 9.17) is 32.3 Å². The predicted molar refractivity (Wildman–Crippen MR) is 408 cm³/mol. The van der Waals surface area contributed by atoms with E-state index in [1.165, 1.54) is 89.9 Å². The summed E-state index contributed by atoms with van der Waals surface area (Å²) in [5, 5.41) is 20.6. The molecule has 0 radical (unpaired) electrons. The van der Waals surface area contributed by atoms with E-state index in [-0.39, 0.29) is 19.3 Å². The highest BCUT2D eigenvalue weighted by atomic mass is 31.2. The van der Waals surface area contributed by atoms with Gasteiger partial charge in [-0.1, -0.05) is 290 Å². The number of phosphoric acid groups is 2. The van der Waals surface area contributed by atoms with Crippen LogP contribution in [0.1, 0.15) is 316 Å². The Morgan fingerprint density at radius 3 is 0.859 bits per heavy atom. The molecule has 0 aromatic heterocycles. The van der Waals surface area contributed by atoms with Crippen molar-refractivity contribution in [2.24, 2.45) is 0 Å². The van der Waals surface area contributed by atoms with Gasteiger partial charge in [-0.25, -0.2) is 9.13 Å². The van der Waals surface area contributed by atoms with Crippen LogP contribution in [0.25, 0.3) is 0 Å². The molecular formula is C81H140O16P2. The Kier molecular flexibility index (Phi) is 70.7. The molecule has 18 heteroatoms. The van der Waals surface area contributed by atoms with Crippen LogP contribution in [-0.2, 0) is 55.8 Å². The molecule has 16 nitrogen and oxygen atoms in total. The first kappa shape index (κ1) is 94.9. The summed E-state index contributed by atoms with van der Waals surface area (Å²) in [5.41, 5.74) is 0. The number of esters is 3. The second kappa shape index (κ2) is 73.7. The number of allylic oxidation sites excluding steroid dienone is 20. The van der Waals surface area contributed by atoms with E-state index in [0.717, 1.165) is 167 Å². The van der Waals surface area contributed by atoms with E-state index < -0.39 is 91.5 Å². The monoisotopic (exact) mass is 1430 g/mol. The Morgan fingerprint density at radius 1 is 0.293 bits per heavy atom. The van der Waals surface area contributed by atoms with Crippen molar-refractivity contribution in [2.75, 3.05) is 39.6 Å². The zero-order valence-electron chi connectivity index (χ0n) is 62.1. The lowest BCUT2D eigenvalue weighted by atomic mass is 10.0. The van der Waals surface area contributed by atoms with Crippen LogP contribution in [0.4, 0.5) is 0 Å². The van der Waals surface area contributed by atoms with E-state index in [0.29, 0.717) is 19.3 Å². The van der Waals surface area contributed by atoms with Gasteiger partial charge in [0.2, 0.25) is 0 Å². The molecule has 0 spiro atoms. The molecule has 0 fully saturated rings. The van der Waals surface area contributed by atoms with Crippen molar-refractivity contribution in [3.05, 3.63) is 122 Å². The summed E-state index contributed by atoms with van der Waals surface area (Å²) >= 11 is 0. The third-order valence-corrected chi connectivity index (χ3v) is 18.1. The summed E-state index contributed by atoms with van der Waals surface area (Å²) in [5.74, 6) is -1.59. The minimum Gasteiger partial charge on any atom is -0.463 e. The van der Waals surface area contributed by atoms with E-state index in [9.17, 15) is 43.5 Å². The number of phosphoric ester groups is 2. The van der Waals surface area contributed by atoms with Crippen molar-refractivity contribution in [3.8, 4) is 0 Å². The fraction of sp³-hybridized carbons (Fsp3) is 0.716. The van der Waals surface area contributed by atoms with Crippen LogP contribution in [0.15, 0.2) is 122 Å². The minimum atomic E-state index is -4.93. The maximum Gasteiger partial charge on any atom is 0.472 e. The van der Waals surface area contributed by atoms with Crippen LogP contribution in [0, 0.1) is 0 Å². The van der Waals surface area contributed by atoms with E-state index in [1.807, 2.05) is 0 Å². The van der Waals surface area contributed by atoms with Crippen molar-refractivity contribution < 1.29 is 75.8 Å². The quantitative estimate of drug-likeness (QED) is 0.0146. The summed E-state index contributed by atoms with van der Waals surface area (Å²) in [6, 6.07) is 0. The first-order valence-electron chi connectivity index (χ1n) is 38.8. The van der Waals surface area contributed by atoms with E-state index >= 15 is 0 Å². The summed E-state index contributed by atoms with van der Waals surface area (Å²) in [6.07, 6.45) is 86.8. The lowest BCUT2D eigenvalue weighted by molar-refractivity contribution is -0.161. The van der Waals surface area contributed by atoms with Gasteiger partial charge in [-0.15, -0.1) is 0 Å². The highest BCUT2D eigenvalue weighted by Gasteiger charge is 2.29. The first-order chi connectivity index (χ1) is 48.2. The maximum atomic E-state index is 12.9. The molecule has 0 bridgehead atoms. The number of aliphatic hydroxyl groups excluding tert-OH is 2. The predicted octanol–water partition coefficient (Wildman–Crippen LogP) is 22.5. The smallest absolute Gasteiger partial charge is 0.463 e. The molecule has 5 unspecified atom stereocenters. The lowest BCUT2D eigenvalue weighted by Crippen LogP contribution is -2.30. The van der Waals surface area contributed by atoms with Crippen LogP contribution in [0.2, 0.25) is 0 Å². The fourth-order valence-electron chi connectivity index (χ4n) is 10.3. The van der Waals surface area contributed by atoms with Crippen LogP contribution in [0.5, 0.6) is 0 Å². The summed E-state index contributed by atoms with van der Waals surface area (Å²) < 4.78 is 61.1. The van der Waals surface area contributed by atoms with Gasteiger partial charge >= 0.3 is 33.6 Å². The number of carbonyl (C=O) groups excluding carboxylic acids is 3. The van der Waals surface area contributed by atoms with Gasteiger partial charge in [0.15, 0.2) is 6.10 Å². The Balaban J connectivity index is 4.48. The SMILES string of the molecule is CC/C=C\C/C=C\C/C=C\C/C=C\C/C=C\C/C=C\CCCCCCCCCCCCCCC(=O)OCC(O)COP(=O)(O)OCC(O)COP(=O)(O)OCC(COC(=O)CCCCCCCCC/C=C\C/C=C\C/C=C\CC)OC(=O)CCCCCCC/C=C\CCCCCCCC. The zero-order valence-corrected chi connectivity index (χ0v) is 63.9. The third kappa shape index (κ3) is 74.9. The van der Waals surface area contributed by atoms with Gasteiger partial charge < -0.3 is 34.2 Å². The van der Waals surface area contributed by atoms with E-state index in [1.54, 1.807) is 0 Å². The molecular weight excluding hydrogens is 1290 g/mol. The molecule has 0 amide bonds. The van der Waals surface area contributed by atoms with Gasteiger partial charge in [0, 0.05) is 19.3 Å².